The van der Waals surface area contributed by atoms with Crippen LogP contribution >= 0.6 is 11.8 Å². The fraction of sp³-hybridized carbons (Fsp3) is 0.190. The Morgan fingerprint density at radius 1 is 0.963 bits per heavy atom. The minimum atomic E-state index is 0.307. The zero-order valence-electron chi connectivity index (χ0n) is 15.2. The van der Waals surface area contributed by atoms with Gasteiger partial charge in [0.2, 0.25) is 0 Å². The van der Waals surface area contributed by atoms with Gasteiger partial charge in [-0.3, -0.25) is 0 Å². The predicted molar refractivity (Wildman–Crippen MR) is 108 cm³/mol. The van der Waals surface area contributed by atoms with E-state index in [1.165, 1.54) is 5.56 Å². The molecule has 136 valence electrons. The maximum atomic E-state index is 5.51. The lowest BCUT2D eigenvalue weighted by atomic mass is 10.2. The standard InChI is InChI=1S/C21H20N4OS/c1-3-26-18-11-9-17(10-12-18)21-23-22-19-13-14-20(24-25(19)21)27-15(2)16-7-5-4-6-8-16/h4-15H,3H2,1-2H3. The van der Waals surface area contributed by atoms with Crippen LogP contribution in [0.3, 0.4) is 0 Å². The highest BCUT2D eigenvalue weighted by Crippen LogP contribution is 2.33. The molecule has 2 aromatic carbocycles. The third kappa shape index (κ3) is 3.80. The van der Waals surface area contributed by atoms with E-state index in [-0.39, 0.29) is 0 Å². The highest BCUT2D eigenvalue weighted by Gasteiger charge is 2.13. The molecule has 4 aromatic rings. The molecule has 27 heavy (non-hydrogen) atoms. The molecule has 0 aliphatic rings. The number of thioether (sulfide) groups is 1. The molecule has 0 N–H and O–H groups in total. The first kappa shape index (κ1) is 17.5. The van der Waals surface area contributed by atoms with Gasteiger partial charge in [0.15, 0.2) is 11.5 Å². The number of benzene rings is 2. The molecule has 0 spiro atoms. The minimum absolute atomic E-state index is 0.307. The highest BCUT2D eigenvalue weighted by atomic mass is 32.2. The van der Waals surface area contributed by atoms with Crippen molar-refractivity contribution in [1.82, 2.24) is 19.8 Å². The quantitative estimate of drug-likeness (QED) is 0.441. The number of hydrogen-bond donors (Lipinski definition) is 0. The van der Waals surface area contributed by atoms with Crippen molar-refractivity contribution in [3.05, 3.63) is 72.3 Å². The molecule has 0 aliphatic heterocycles. The van der Waals surface area contributed by atoms with Gasteiger partial charge in [0.25, 0.3) is 0 Å². The maximum absolute atomic E-state index is 5.51. The first-order valence-corrected chi connectivity index (χ1v) is 9.80. The summed E-state index contributed by atoms with van der Waals surface area (Å²) in [6.45, 7) is 4.81. The van der Waals surface area contributed by atoms with E-state index in [0.29, 0.717) is 11.9 Å². The molecule has 2 aromatic heterocycles. The van der Waals surface area contributed by atoms with Crippen LogP contribution in [-0.2, 0) is 0 Å². The predicted octanol–water partition coefficient (Wildman–Crippen LogP) is 5.04. The molecule has 2 heterocycles. The Morgan fingerprint density at radius 2 is 1.74 bits per heavy atom. The van der Waals surface area contributed by atoms with Crippen LogP contribution in [0, 0.1) is 0 Å². The summed E-state index contributed by atoms with van der Waals surface area (Å²) < 4.78 is 7.31. The Hall–Kier alpha value is -2.86. The van der Waals surface area contributed by atoms with Gasteiger partial charge in [-0.05, 0) is 55.8 Å². The van der Waals surface area contributed by atoms with Gasteiger partial charge in [0.1, 0.15) is 10.8 Å². The largest absolute Gasteiger partial charge is 0.494 e. The average Bonchev–Trinajstić information content (AvgIpc) is 3.13. The van der Waals surface area contributed by atoms with Gasteiger partial charge in [-0.15, -0.1) is 10.2 Å². The number of hydrogen-bond acceptors (Lipinski definition) is 5. The number of nitrogens with zero attached hydrogens (tertiary/aromatic N) is 4. The second-order valence-electron chi connectivity index (χ2n) is 6.09. The SMILES string of the molecule is CCOc1ccc(-c2nnc3ccc(SC(C)c4ccccc4)nn23)cc1. The molecule has 0 fully saturated rings. The van der Waals surface area contributed by atoms with Gasteiger partial charge in [-0.25, -0.2) is 0 Å². The lowest BCUT2D eigenvalue weighted by molar-refractivity contribution is 0.340. The topological polar surface area (TPSA) is 52.3 Å². The number of fused-ring (bicyclic) bond motifs is 1. The van der Waals surface area contributed by atoms with Gasteiger partial charge in [-0.1, -0.05) is 42.1 Å². The summed E-state index contributed by atoms with van der Waals surface area (Å²) in [6, 6.07) is 22.2. The zero-order chi connectivity index (χ0) is 18.6. The molecule has 0 saturated carbocycles. The summed E-state index contributed by atoms with van der Waals surface area (Å²) in [5.74, 6) is 1.57. The minimum Gasteiger partial charge on any atom is -0.494 e. The first-order valence-electron chi connectivity index (χ1n) is 8.92. The summed E-state index contributed by atoms with van der Waals surface area (Å²) in [6.07, 6.45) is 0. The molecule has 0 amide bonds. The van der Waals surface area contributed by atoms with Crippen LogP contribution in [0.25, 0.3) is 17.0 Å². The van der Waals surface area contributed by atoms with E-state index in [1.54, 1.807) is 16.3 Å². The van der Waals surface area contributed by atoms with Crippen molar-refractivity contribution >= 4 is 17.4 Å². The third-order valence-electron chi connectivity index (χ3n) is 4.23. The van der Waals surface area contributed by atoms with Crippen LogP contribution in [0.5, 0.6) is 5.75 Å². The fourth-order valence-corrected chi connectivity index (χ4v) is 3.79. The molecule has 0 saturated heterocycles. The molecule has 0 aliphatic carbocycles. The Morgan fingerprint density at radius 3 is 2.48 bits per heavy atom. The van der Waals surface area contributed by atoms with Gasteiger partial charge in [-0.2, -0.15) is 9.61 Å². The molecule has 1 atom stereocenters. The summed E-state index contributed by atoms with van der Waals surface area (Å²) in [4.78, 5) is 0. The van der Waals surface area contributed by atoms with Crippen LogP contribution < -0.4 is 4.74 Å². The van der Waals surface area contributed by atoms with Crippen molar-refractivity contribution < 1.29 is 4.74 Å². The molecule has 0 radical (unpaired) electrons. The smallest absolute Gasteiger partial charge is 0.185 e. The van der Waals surface area contributed by atoms with Gasteiger partial charge in [0.05, 0.1) is 6.61 Å². The lowest BCUT2D eigenvalue weighted by Gasteiger charge is -2.11. The van der Waals surface area contributed by atoms with E-state index in [9.17, 15) is 0 Å². The molecular weight excluding hydrogens is 356 g/mol. The van der Waals surface area contributed by atoms with Crippen LogP contribution in [-0.4, -0.2) is 26.4 Å². The molecule has 1 unspecified atom stereocenters. The van der Waals surface area contributed by atoms with Crippen molar-refractivity contribution in [3.8, 4) is 17.1 Å². The molecule has 6 heteroatoms. The van der Waals surface area contributed by atoms with E-state index in [4.69, 9.17) is 9.84 Å². The molecule has 0 bridgehead atoms. The van der Waals surface area contributed by atoms with E-state index >= 15 is 0 Å². The highest BCUT2D eigenvalue weighted by molar-refractivity contribution is 7.99. The summed E-state index contributed by atoms with van der Waals surface area (Å²) in [7, 11) is 0. The van der Waals surface area contributed by atoms with Crippen molar-refractivity contribution in [2.75, 3.05) is 6.61 Å². The summed E-state index contributed by atoms with van der Waals surface area (Å²) >= 11 is 1.72. The van der Waals surface area contributed by atoms with Crippen molar-refractivity contribution in [2.45, 2.75) is 24.1 Å². The molecule has 5 nitrogen and oxygen atoms in total. The second-order valence-corrected chi connectivity index (χ2v) is 7.45. The van der Waals surface area contributed by atoms with Crippen LogP contribution in [0.2, 0.25) is 0 Å². The van der Waals surface area contributed by atoms with Gasteiger partial charge < -0.3 is 4.74 Å². The van der Waals surface area contributed by atoms with E-state index in [2.05, 4.69) is 41.4 Å². The Labute approximate surface area is 162 Å². The second kappa shape index (κ2) is 7.80. The average molecular weight is 376 g/mol. The fourth-order valence-electron chi connectivity index (χ4n) is 2.86. The van der Waals surface area contributed by atoms with Crippen LogP contribution in [0.1, 0.15) is 24.7 Å². The number of rotatable bonds is 6. The number of aromatic nitrogens is 4. The normalized spacial score (nSPS) is 12.2. The van der Waals surface area contributed by atoms with Crippen molar-refractivity contribution in [2.24, 2.45) is 0 Å². The lowest BCUT2D eigenvalue weighted by Crippen LogP contribution is -1.98. The summed E-state index contributed by atoms with van der Waals surface area (Å²) in [5.41, 5.74) is 2.96. The first-order chi connectivity index (χ1) is 13.2. The molecular formula is C21H20N4OS. The Kier molecular flexibility index (Phi) is 5.07. The maximum Gasteiger partial charge on any atom is 0.185 e. The van der Waals surface area contributed by atoms with Gasteiger partial charge >= 0.3 is 0 Å². The third-order valence-corrected chi connectivity index (χ3v) is 5.31. The van der Waals surface area contributed by atoms with Crippen molar-refractivity contribution in [3.63, 3.8) is 0 Å². The Bertz CT molecular complexity index is 1030. The summed E-state index contributed by atoms with van der Waals surface area (Å²) in [5, 5.41) is 14.6. The van der Waals surface area contributed by atoms with Crippen LogP contribution in [0.15, 0.2) is 71.8 Å². The van der Waals surface area contributed by atoms with E-state index < -0.39 is 0 Å². The van der Waals surface area contributed by atoms with E-state index in [0.717, 1.165) is 27.8 Å². The van der Waals surface area contributed by atoms with E-state index in [1.807, 2.05) is 49.4 Å². The number of ether oxygens (including phenoxy) is 1. The monoisotopic (exact) mass is 376 g/mol. The zero-order valence-corrected chi connectivity index (χ0v) is 16.1. The van der Waals surface area contributed by atoms with Crippen molar-refractivity contribution in [1.29, 1.82) is 0 Å². The molecule has 4 rings (SSSR count). The van der Waals surface area contributed by atoms with Gasteiger partial charge in [0, 0.05) is 10.8 Å². The Balaban J connectivity index is 1.63. The van der Waals surface area contributed by atoms with Crippen LogP contribution in [0.4, 0.5) is 0 Å².